The number of hydrogen-bond donors (Lipinski definition) is 1. The molecule has 0 unspecified atom stereocenters. The van der Waals surface area contributed by atoms with Gasteiger partial charge in [-0.05, 0) is 42.9 Å². The zero-order chi connectivity index (χ0) is 22.1. The van der Waals surface area contributed by atoms with Crippen molar-refractivity contribution in [2.75, 3.05) is 16.8 Å². The van der Waals surface area contributed by atoms with Gasteiger partial charge in [-0.1, -0.05) is 20.8 Å². The van der Waals surface area contributed by atoms with Gasteiger partial charge in [0.05, 0.1) is 23.6 Å². The second-order valence-electron chi connectivity index (χ2n) is 9.05. The molecule has 1 aliphatic heterocycles. The first kappa shape index (κ1) is 22.1. The summed E-state index contributed by atoms with van der Waals surface area (Å²) in [6.07, 6.45) is -0.878. The van der Waals surface area contributed by atoms with Crippen molar-refractivity contribution in [1.29, 1.82) is 0 Å². The lowest BCUT2D eigenvalue weighted by molar-refractivity contribution is -0.142. The number of rotatable bonds is 5. The Kier molecular flexibility index (Phi) is 6.10. The number of nitrogens with one attached hydrogen (secondary N) is 1. The van der Waals surface area contributed by atoms with Crippen molar-refractivity contribution < 1.29 is 18.0 Å². The molecule has 1 N–H and O–H groups in total. The lowest BCUT2D eigenvalue weighted by atomic mass is 9.92. The first-order valence-corrected chi connectivity index (χ1v) is 10.0. The molecule has 2 aromatic rings. The summed E-state index contributed by atoms with van der Waals surface area (Å²) in [5.74, 6) is 0.500. The van der Waals surface area contributed by atoms with Crippen LogP contribution < -0.4 is 10.2 Å². The highest BCUT2D eigenvalue weighted by atomic mass is 19.4. The van der Waals surface area contributed by atoms with Gasteiger partial charge in [0, 0.05) is 19.2 Å². The van der Waals surface area contributed by atoms with Gasteiger partial charge >= 0.3 is 6.18 Å². The van der Waals surface area contributed by atoms with E-state index in [0.29, 0.717) is 24.5 Å². The molecule has 1 amide bonds. The summed E-state index contributed by atoms with van der Waals surface area (Å²) >= 11 is 0. The van der Waals surface area contributed by atoms with E-state index >= 15 is 0 Å². The predicted octanol–water partition coefficient (Wildman–Crippen LogP) is 4.48. The van der Waals surface area contributed by atoms with E-state index in [1.54, 1.807) is 6.07 Å². The van der Waals surface area contributed by atoms with E-state index in [4.69, 9.17) is 0 Å². The standard InChI is InChI=1S/C21H28F3N5O/c1-14-10-17-16(25-19(14)26-18(30)11-20(2,3)4)6-5-8-28(17)12-15-7-9-29(27-15)13-21(22,23)24/h7,9-10H,5-6,8,11-13H2,1-4H3,(H,25,26,30). The number of halogens is 3. The molecular formula is C21H28F3N5O. The van der Waals surface area contributed by atoms with Gasteiger partial charge in [0.25, 0.3) is 0 Å². The number of aromatic nitrogens is 3. The number of amides is 1. The molecule has 0 radical (unpaired) electrons. The number of aryl methyl sites for hydroxylation is 2. The molecule has 3 heterocycles. The normalized spacial score (nSPS) is 14.6. The molecule has 6 nitrogen and oxygen atoms in total. The maximum Gasteiger partial charge on any atom is 0.408 e. The van der Waals surface area contributed by atoms with Crippen LogP contribution in [0.4, 0.5) is 24.7 Å². The Bertz CT molecular complexity index is 914. The van der Waals surface area contributed by atoms with Crippen LogP contribution in [0.5, 0.6) is 0 Å². The van der Waals surface area contributed by atoms with Crippen molar-refractivity contribution in [3.8, 4) is 0 Å². The molecule has 0 saturated carbocycles. The van der Waals surface area contributed by atoms with Gasteiger partial charge in [0.1, 0.15) is 12.4 Å². The molecule has 0 aromatic carbocycles. The SMILES string of the molecule is Cc1cc2c(nc1NC(=O)CC(C)(C)C)CCCN2Cc1ccn(CC(F)(F)F)n1. The van der Waals surface area contributed by atoms with Crippen LogP contribution in [0, 0.1) is 12.3 Å². The molecule has 9 heteroatoms. The maximum absolute atomic E-state index is 12.6. The Morgan fingerprint density at radius 3 is 2.67 bits per heavy atom. The van der Waals surface area contributed by atoms with E-state index in [-0.39, 0.29) is 11.3 Å². The van der Waals surface area contributed by atoms with Crippen molar-refractivity contribution in [2.24, 2.45) is 5.41 Å². The first-order valence-electron chi connectivity index (χ1n) is 10.0. The second-order valence-corrected chi connectivity index (χ2v) is 9.05. The third-order valence-corrected chi connectivity index (χ3v) is 4.79. The summed E-state index contributed by atoms with van der Waals surface area (Å²) in [5.41, 5.74) is 3.14. The Hall–Kier alpha value is -2.58. The Morgan fingerprint density at radius 2 is 2.00 bits per heavy atom. The molecule has 0 spiro atoms. The summed E-state index contributed by atoms with van der Waals surface area (Å²) in [7, 11) is 0. The summed E-state index contributed by atoms with van der Waals surface area (Å²) in [5, 5.41) is 6.97. The van der Waals surface area contributed by atoms with Crippen LogP contribution >= 0.6 is 0 Å². The van der Waals surface area contributed by atoms with Crippen molar-refractivity contribution in [3.05, 3.63) is 35.3 Å². The predicted molar refractivity (Wildman–Crippen MR) is 109 cm³/mol. The number of carbonyl (C=O) groups excluding carboxylic acids is 1. The van der Waals surface area contributed by atoms with Crippen LogP contribution in [0.15, 0.2) is 18.3 Å². The number of fused-ring (bicyclic) bond motifs is 1. The average Bonchev–Trinajstić information content (AvgIpc) is 2.99. The van der Waals surface area contributed by atoms with Crippen LogP contribution in [0.2, 0.25) is 0 Å². The number of pyridine rings is 1. The van der Waals surface area contributed by atoms with Gasteiger partial charge in [-0.2, -0.15) is 18.3 Å². The van der Waals surface area contributed by atoms with Crippen molar-refractivity contribution in [1.82, 2.24) is 14.8 Å². The molecule has 0 saturated heterocycles. The van der Waals surface area contributed by atoms with Gasteiger partial charge in [-0.25, -0.2) is 4.98 Å². The van der Waals surface area contributed by atoms with Crippen molar-refractivity contribution >= 4 is 17.4 Å². The first-order chi connectivity index (χ1) is 13.9. The minimum atomic E-state index is -4.30. The monoisotopic (exact) mass is 423 g/mol. The quantitative estimate of drug-likeness (QED) is 0.771. The fraction of sp³-hybridized carbons (Fsp3) is 0.571. The van der Waals surface area contributed by atoms with E-state index < -0.39 is 12.7 Å². The largest absolute Gasteiger partial charge is 0.408 e. The Labute approximate surface area is 174 Å². The number of hydrogen-bond acceptors (Lipinski definition) is 4. The molecule has 164 valence electrons. The van der Waals surface area contributed by atoms with Crippen molar-refractivity contribution in [3.63, 3.8) is 0 Å². The van der Waals surface area contributed by atoms with Crippen LogP contribution in [0.25, 0.3) is 0 Å². The minimum Gasteiger partial charge on any atom is -0.364 e. The molecule has 30 heavy (non-hydrogen) atoms. The van der Waals surface area contributed by atoms with Crippen LogP contribution in [0.3, 0.4) is 0 Å². The summed E-state index contributed by atoms with van der Waals surface area (Å²) in [4.78, 5) is 19.1. The van der Waals surface area contributed by atoms with E-state index in [2.05, 4.69) is 20.3 Å². The van der Waals surface area contributed by atoms with Gasteiger partial charge < -0.3 is 10.2 Å². The van der Waals surface area contributed by atoms with E-state index in [1.807, 2.05) is 33.8 Å². The molecule has 3 rings (SSSR count). The highest BCUT2D eigenvalue weighted by Crippen LogP contribution is 2.31. The molecule has 1 aliphatic rings. The zero-order valence-electron chi connectivity index (χ0n) is 17.8. The highest BCUT2D eigenvalue weighted by Gasteiger charge is 2.28. The summed E-state index contributed by atoms with van der Waals surface area (Å²) in [6.45, 7) is 8.01. The minimum absolute atomic E-state index is 0.0686. The second kappa shape index (κ2) is 8.28. The smallest absolute Gasteiger partial charge is 0.364 e. The third kappa shape index (κ3) is 5.96. The fourth-order valence-electron chi connectivity index (χ4n) is 3.56. The van der Waals surface area contributed by atoms with Crippen LogP contribution in [-0.4, -0.2) is 33.4 Å². The average molecular weight is 423 g/mol. The van der Waals surface area contributed by atoms with E-state index in [1.165, 1.54) is 6.20 Å². The zero-order valence-corrected chi connectivity index (χ0v) is 17.8. The lowest BCUT2D eigenvalue weighted by Gasteiger charge is -2.31. The van der Waals surface area contributed by atoms with Gasteiger partial charge in [0.15, 0.2) is 0 Å². The number of nitrogens with zero attached hydrogens (tertiary/aromatic N) is 4. The highest BCUT2D eigenvalue weighted by molar-refractivity contribution is 5.91. The Balaban J connectivity index is 1.75. The van der Waals surface area contributed by atoms with Crippen LogP contribution in [0.1, 0.15) is 50.6 Å². The van der Waals surface area contributed by atoms with Crippen molar-refractivity contribution in [2.45, 2.75) is 66.2 Å². The van der Waals surface area contributed by atoms with E-state index in [0.717, 1.165) is 41.0 Å². The number of alkyl halides is 3. The maximum atomic E-state index is 12.6. The van der Waals surface area contributed by atoms with Crippen LogP contribution in [-0.2, 0) is 24.3 Å². The number of anilines is 2. The molecule has 0 aliphatic carbocycles. The topological polar surface area (TPSA) is 63.1 Å². The molecule has 0 bridgehead atoms. The number of carbonyl (C=O) groups is 1. The van der Waals surface area contributed by atoms with Gasteiger partial charge in [-0.15, -0.1) is 0 Å². The van der Waals surface area contributed by atoms with Gasteiger partial charge in [0.2, 0.25) is 5.91 Å². The molecule has 0 atom stereocenters. The van der Waals surface area contributed by atoms with Gasteiger partial charge in [-0.3, -0.25) is 9.48 Å². The summed E-state index contributed by atoms with van der Waals surface area (Å²) in [6, 6.07) is 3.60. The van der Waals surface area contributed by atoms with E-state index in [9.17, 15) is 18.0 Å². The molecular weight excluding hydrogens is 395 g/mol. The molecule has 0 fully saturated rings. The molecule has 2 aromatic heterocycles. The Morgan fingerprint density at radius 1 is 1.27 bits per heavy atom. The third-order valence-electron chi connectivity index (χ3n) is 4.79. The lowest BCUT2D eigenvalue weighted by Crippen LogP contribution is -2.30. The fourth-order valence-corrected chi connectivity index (χ4v) is 3.56. The summed E-state index contributed by atoms with van der Waals surface area (Å²) < 4.78 is 38.6.